The van der Waals surface area contributed by atoms with E-state index >= 15 is 0 Å². The van der Waals surface area contributed by atoms with Crippen molar-refractivity contribution >= 4 is 33.0 Å². The van der Waals surface area contributed by atoms with Crippen LogP contribution in [0.15, 0.2) is 35.1 Å². The van der Waals surface area contributed by atoms with E-state index in [9.17, 15) is 0 Å². The number of hydrogen-bond acceptors (Lipinski definition) is 4. The van der Waals surface area contributed by atoms with E-state index in [1.165, 1.54) is 0 Å². The predicted molar refractivity (Wildman–Crippen MR) is 77.7 cm³/mol. The van der Waals surface area contributed by atoms with Crippen LogP contribution in [0.25, 0.3) is 11.2 Å². The van der Waals surface area contributed by atoms with Gasteiger partial charge in [0.15, 0.2) is 5.65 Å². The van der Waals surface area contributed by atoms with Gasteiger partial charge in [0.25, 0.3) is 0 Å². The third-order valence-electron chi connectivity index (χ3n) is 2.89. The Bertz CT molecular complexity index is 733. The monoisotopic (exact) mass is 317 g/mol. The van der Waals surface area contributed by atoms with Crippen LogP contribution in [0, 0.1) is 6.92 Å². The number of aromatic nitrogens is 4. The Morgan fingerprint density at radius 3 is 2.84 bits per heavy atom. The first kappa shape index (κ1) is 12.1. The summed E-state index contributed by atoms with van der Waals surface area (Å²) < 4.78 is 2.77. The van der Waals surface area contributed by atoms with E-state index in [1.807, 2.05) is 35.9 Å². The highest BCUT2D eigenvalue weighted by Gasteiger charge is 2.10. The van der Waals surface area contributed by atoms with Crippen LogP contribution in [-0.2, 0) is 6.54 Å². The zero-order chi connectivity index (χ0) is 13.4. The molecule has 2 N–H and O–H groups in total. The highest BCUT2D eigenvalue weighted by atomic mass is 79.9. The van der Waals surface area contributed by atoms with E-state index in [2.05, 4.69) is 30.9 Å². The zero-order valence-electron chi connectivity index (χ0n) is 10.3. The van der Waals surface area contributed by atoms with Crippen molar-refractivity contribution in [2.45, 2.75) is 13.5 Å². The average molecular weight is 318 g/mol. The lowest BCUT2D eigenvalue weighted by molar-refractivity contribution is 0.821. The smallest absolute Gasteiger partial charge is 0.202 e. The van der Waals surface area contributed by atoms with Crippen molar-refractivity contribution in [1.29, 1.82) is 0 Å². The summed E-state index contributed by atoms with van der Waals surface area (Å²) in [6.45, 7) is 2.58. The van der Waals surface area contributed by atoms with E-state index in [1.54, 1.807) is 6.20 Å². The number of anilines is 1. The number of nitrogens with two attached hydrogens (primary N) is 1. The molecule has 0 saturated heterocycles. The minimum Gasteiger partial charge on any atom is -0.369 e. The van der Waals surface area contributed by atoms with Gasteiger partial charge >= 0.3 is 0 Å². The number of hydrogen-bond donors (Lipinski definition) is 1. The lowest BCUT2D eigenvalue weighted by Gasteiger charge is -2.05. The number of halogens is 1. The lowest BCUT2D eigenvalue weighted by Crippen LogP contribution is -2.05. The maximum Gasteiger partial charge on any atom is 0.202 e. The molecule has 0 aromatic carbocycles. The second-order valence-corrected chi connectivity index (χ2v) is 5.28. The maximum absolute atomic E-state index is 5.96. The topological polar surface area (TPSA) is 69.6 Å². The highest BCUT2D eigenvalue weighted by molar-refractivity contribution is 9.10. The SMILES string of the molecule is Cc1ccc(Cn2c(N)nc3cc(Br)cnc32)cn1. The molecule has 0 amide bonds. The van der Waals surface area contributed by atoms with Crippen LogP contribution in [-0.4, -0.2) is 19.5 Å². The Balaban J connectivity index is 2.05. The summed E-state index contributed by atoms with van der Waals surface area (Å²) in [5.41, 5.74) is 9.59. The van der Waals surface area contributed by atoms with E-state index in [0.29, 0.717) is 12.5 Å². The second-order valence-electron chi connectivity index (χ2n) is 4.36. The summed E-state index contributed by atoms with van der Waals surface area (Å²) >= 11 is 3.38. The summed E-state index contributed by atoms with van der Waals surface area (Å²) in [4.78, 5) is 13.0. The fraction of sp³-hybridized carbons (Fsp3) is 0.154. The molecule has 0 atom stereocenters. The summed E-state index contributed by atoms with van der Waals surface area (Å²) in [6.07, 6.45) is 3.59. The predicted octanol–water partition coefficient (Wildman–Crippen LogP) is 2.53. The van der Waals surface area contributed by atoms with Crippen LogP contribution in [0.1, 0.15) is 11.3 Å². The summed E-state index contributed by atoms with van der Waals surface area (Å²) in [5, 5.41) is 0. The molecule has 0 aliphatic heterocycles. The quantitative estimate of drug-likeness (QED) is 0.788. The Labute approximate surface area is 118 Å². The molecule has 6 heteroatoms. The van der Waals surface area contributed by atoms with E-state index in [4.69, 9.17) is 5.73 Å². The molecular formula is C13H12BrN5. The molecule has 3 aromatic rings. The standard InChI is InChI=1S/C13H12BrN5/c1-8-2-3-9(5-16-8)7-19-12-11(18-13(19)15)4-10(14)6-17-12/h2-6H,7H2,1H3,(H2,15,18). The number of pyridine rings is 2. The normalized spacial score (nSPS) is 11.1. The molecule has 0 aliphatic carbocycles. The molecule has 0 aliphatic rings. The van der Waals surface area contributed by atoms with Gasteiger partial charge in [0.05, 0.1) is 6.54 Å². The molecule has 19 heavy (non-hydrogen) atoms. The summed E-state index contributed by atoms with van der Waals surface area (Å²) in [7, 11) is 0. The number of imidazole rings is 1. The van der Waals surface area contributed by atoms with Crippen LogP contribution in [0.3, 0.4) is 0 Å². The molecule has 0 unspecified atom stereocenters. The fourth-order valence-electron chi connectivity index (χ4n) is 1.93. The molecule has 3 aromatic heterocycles. The Morgan fingerprint density at radius 2 is 2.11 bits per heavy atom. The van der Waals surface area contributed by atoms with Gasteiger partial charge in [-0.3, -0.25) is 9.55 Å². The molecule has 0 saturated carbocycles. The number of fused-ring (bicyclic) bond motifs is 1. The van der Waals surface area contributed by atoms with Crippen molar-refractivity contribution in [1.82, 2.24) is 19.5 Å². The van der Waals surface area contributed by atoms with Crippen LogP contribution in [0.4, 0.5) is 5.95 Å². The van der Waals surface area contributed by atoms with Gasteiger partial charge in [-0.05, 0) is 40.5 Å². The van der Waals surface area contributed by atoms with Gasteiger partial charge in [0.1, 0.15) is 5.52 Å². The van der Waals surface area contributed by atoms with Crippen LogP contribution >= 0.6 is 15.9 Å². The van der Waals surface area contributed by atoms with Crippen LogP contribution < -0.4 is 5.73 Å². The van der Waals surface area contributed by atoms with Crippen molar-refractivity contribution in [2.24, 2.45) is 0 Å². The van der Waals surface area contributed by atoms with Crippen molar-refractivity contribution in [2.75, 3.05) is 5.73 Å². The summed E-state index contributed by atoms with van der Waals surface area (Å²) in [5.74, 6) is 0.459. The first-order chi connectivity index (χ1) is 9.13. The van der Waals surface area contributed by atoms with Gasteiger partial charge in [-0.2, -0.15) is 0 Å². The van der Waals surface area contributed by atoms with Gasteiger partial charge < -0.3 is 5.73 Å². The molecular weight excluding hydrogens is 306 g/mol. The van der Waals surface area contributed by atoms with E-state index in [0.717, 1.165) is 26.9 Å². The number of nitrogens with zero attached hydrogens (tertiary/aromatic N) is 4. The minimum absolute atomic E-state index is 0.459. The molecule has 0 spiro atoms. The van der Waals surface area contributed by atoms with E-state index in [-0.39, 0.29) is 0 Å². The van der Waals surface area contributed by atoms with Crippen molar-refractivity contribution in [3.63, 3.8) is 0 Å². The van der Waals surface area contributed by atoms with Gasteiger partial charge in [0.2, 0.25) is 5.95 Å². The van der Waals surface area contributed by atoms with E-state index < -0.39 is 0 Å². The second kappa shape index (κ2) is 4.62. The molecule has 0 fully saturated rings. The number of aryl methyl sites for hydroxylation is 1. The average Bonchev–Trinajstić information content (AvgIpc) is 2.68. The fourth-order valence-corrected chi connectivity index (χ4v) is 2.25. The molecule has 5 nitrogen and oxygen atoms in total. The third kappa shape index (κ3) is 2.31. The highest BCUT2D eigenvalue weighted by Crippen LogP contribution is 2.20. The Hall–Kier alpha value is -1.95. The minimum atomic E-state index is 0.459. The largest absolute Gasteiger partial charge is 0.369 e. The van der Waals surface area contributed by atoms with Gasteiger partial charge in [-0.1, -0.05) is 6.07 Å². The van der Waals surface area contributed by atoms with Crippen molar-refractivity contribution < 1.29 is 0 Å². The number of nitrogen functional groups attached to an aromatic ring is 1. The summed E-state index contributed by atoms with van der Waals surface area (Å²) in [6, 6.07) is 5.92. The van der Waals surface area contributed by atoms with Crippen molar-refractivity contribution in [3.05, 3.63) is 46.3 Å². The maximum atomic E-state index is 5.96. The Morgan fingerprint density at radius 1 is 1.26 bits per heavy atom. The molecule has 3 rings (SSSR count). The Kier molecular flexibility index (Phi) is 2.94. The zero-order valence-corrected chi connectivity index (χ0v) is 11.9. The third-order valence-corrected chi connectivity index (χ3v) is 3.33. The first-order valence-corrected chi connectivity index (χ1v) is 6.61. The molecule has 96 valence electrons. The van der Waals surface area contributed by atoms with Crippen LogP contribution in [0.2, 0.25) is 0 Å². The van der Waals surface area contributed by atoms with Gasteiger partial charge in [0, 0.05) is 22.6 Å². The lowest BCUT2D eigenvalue weighted by atomic mass is 10.2. The molecule has 0 radical (unpaired) electrons. The first-order valence-electron chi connectivity index (χ1n) is 5.82. The van der Waals surface area contributed by atoms with Gasteiger partial charge in [-0.25, -0.2) is 9.97 Å². The number of rotatable bonds is 2. The molecule has 3 heterocycles. The van der Waals surface area contributed by atoms with Gasteiger partial charge in [-0.15, -0.1) is 0 Å². The van der Waals surface area contributed by atoms with Crippen molar-refractivity contribution in [3.8, 4) is 0 Å². The molecule has 0 bridgehead atoms. The van der Waals surface area contributed by atoms with Crippen LogP contribution in [0.5, 0.6) is 0 Å².